The molecule has 2 N–H and O–H groups in total. The number of carbonyl (C=O) groups excluding carboxylic acids is 3. The Hall–Kier alpha value is -2.74. The summed E-state index contributed by atoms with van der Waals surface area (Å²) in [7, 11) is 0. The number of benzene rings is 1. The molecule has 1 aromatic heterocycles. The Morgan fingerprint density at radius 2 is 1.85 bits per heavy atom. The van der Waals surface area contributed by atoms with Crippen molar-refractivity contribution in [3.8, 4) is 0 Å². The highest BCUT2D eigenvalue weighted by molar-refractivity contribution is 7.14. The van der Waals surface area contributed by atoms with Gasteiger partial charge in [-0.1, -0.05) is 0 Å². The average molecular weight is 384 g/mol. The van der Waals surface area contributed by atoms with Crippen LogP contribution in [0.15, 0.2) is 29.6 Å². The number of rotatable bonds is 6. The number of carbonyl (C=O) groups is 3. The molecule has 2 heterocycles. The van der Waals surface area contributed by atoms with Crippen molar-refractivity contribution >= 4 is 45.6 Å². The van der Waals surface area contributed by atoms with Gasteiger partial charge >= 0.3 is 0 Å². The molecule has 1 saturated heterocycles. The summed E-state index contributed by atoms with van der Waals surface area (Å²) in [6.07, 6.45) is 3.49. The minimum absolute atomic E-state index is 0.0580. The molecule has 3 amide bonds. The summed E-state index contributed by atoms with van der Waals surface area (Å²) in [5.41, 5.74) is 2.04. The van der Waals surface area contributed by atoms with Crippen LogP contribution in [0, 0.1) is 5.92 Å². The first kappa shape index (κ1) is 17.7. The third-order valence-corrected chi connectivity index (χ3v) is 5.48. The molecule has 2 fully saturated rings. The van der Waals surface area contributed by atoms with Crippen LogP contribution in [0.4, 0.5) is 16.5 Å². The number of hydrogen-bond donors (Lipinski definition) is 2. The standard InChI is InChI=1S/C19H20N4O3S/c24-16(10-15-11-27-19(22-15)23-9-1-2-17(23)25)20-13-5-7-14(8-6-13)21-18(26)12-3-4-12/h5-8,11-12H,1-4,9-10H2,(H,20,24)(H,21,26). The van der Waals surface area contributed by atoms with E-state index in [0.29, 0.717) is 29.5 Å². The van der Waals surface area contributed by atoms with Gasteiger partial charge < -0.3 is 10.6 Å². The minimum atomic E-state index is -0.172. The monoisotopic (exact) mass is 384 g/mol. The maximum absolute atomic E-state index is 12.2. The van der Waals surface area contributed by atoms with E-state index in [0.717, 1.165) is 24.9 Å². The van der Waals surface area contributed by atoms with Gasteiger partial charge in [-0.2, -0.15) is 0 Å². The lowest BCUT2D eigenvalue weighted by Gasteiger charge is -2.10. The number of nitrogens with one attached hydrogen (secondary N) is 2. The minimum Gasteiger partial charge on any atom is -0.326 e. The van der Waals surface area contributed by atoms with Crippen molar-refractivity contribution < 1.29 is 14.4 Å². The molecule has 8 heteroatoms. The highest BCUT2D eigenvalue weighted by Crippen LogP contribution is 2.30. The van der Waals surface area contributed by atoms with Crippen molar-refractivity contribution in [1.29, 1.82) is 0 Å². The molecule has 0 atom stereocenters. The molecule has 4 rings (SSSR count). The van der Waals surface area contributed by atoms with Crippen molar-refractivity contribution in [2.75, 3.05) is 22.1 Å². The first-order valence-corrected chi connectivity index (χ1v) is 9.92. The molecular formula is C19H20N4O3S. The molecule has 1 saturated carbocycles. The second kappa shape index (κ2) is 7.48. The summed E-state index contributed by atoms with van der Waals surface area (Å²) >= 11 is 1.39. The van der Waals surface area contributed by atoms with Crippen molar-refractivity contribution in [2.24, 2.45) is 5.92 Å². The van der Waals surface area contributed by atoms with Gasteiger partial charge in [0.25, 0.3) is 0 Å². The van der Waals surface area contributed by atoms with E-state index in [4.69, 9.17) is 0 Å². The smallest absolute Gasteiger partial charge is 0.230 e. The van der Waals surface area contributed by atoms with Crippen molar-refractivity contribution in [3.63, 3.8) is 0 Å². The lowest BCUT2D eigenvalue weighted by Crippen LogP contribution is -2.23. The molecule has 2 aromatic rings. The van der Waals surface area contributed by atoms with E-state index in [-0.39, 0.29) is 30.1 Å². The first-order chi connectivity index (χ1) is 13.1. The van der Waals surface area contributed by atoms with Crippen molar-refractivity contribution in [2.45, 2.75) is 32.1 Å². The molecule has 1 aliphatic carbocycles. The molecule has 0 spiro atoms. The molecule has 1 aromatic carbocycles. The Kier molecular flexibility index (Phi) is 4.89. The van der Waals surface area contributed by atoms with E-state index < -0.39 is 0 Å². The van der Waals surface area contributed by atoms with E-state index in [2.05, 4.69) is 15.6 Å². The zero-order valence-electron chi connectivity index (χ0n) is 14.7. The molecule has 1 aliphatic heterocycles. The van der Waals surface area contributed by atoms with Crippen LogP contribution in [0.25, 0.3) is 0 Å². The van der Waals surface area contributed by atoms with Gasteiger partial charge in [-0.25, -0.2) is 4.98 Å². The molecule has 0 bridgehead atoms. The van der Waals surface area contributed by atoms with Gasteiger partial charge in [0.1, 0.15) is 0 Å². The highest BCUT2D eigenvalue weighted by atomic mass is 32.1. The quantitative estimate of drug-likeness (QED) is 0.801. The lowest BCUT2D eigenvalue weighted by molar-refractivity contribution is -0.118. The van der Waals surface area contributed by atoms with Crippen molar-refractivity contribution in [3.05, 3.63) is 35.3 Å². The highest BCUT2D eigenvalue weighted by Gasteiger charge is 2.29. The van der Waals surface area contributed by atoms with Gasteiger partial charge in [0, 0.05) is 35.6 Å². The Balaban J connectivity index is 1.30. The van der Waals surface area contributed by atoms with Gasteiger partial charge in [-0.15, -0.1) is 11.3 Å². The van der Waals surface area contributed by atoms with Crippen LogP contribution < -0.4 is 15.5 Å². The van der Waals surface area contributed by atoms with Crippen LogP contribution in [-0.4, -0.2) is 29.3 Å². The van der Waals surface area contributed by atoms with Gasteiger partial charge in [0.05, 0.1) is 12.1 Å². The van der Waals surface area contributed by atoms with Gasteiger partial charge in [-0.05, 0) is 43.5 Å². The van der Waals surface area contributed by atoms with Crippen LogP contribution in [0.2, 0.25) is 0 Å². The predicted octanol–water partition coefficient (Wildman–Crippen LogP) is 2.80. The topological polar surface area (TPSA) is 91.4 Å². The average Bonchev–Trinajstić information content (AvgIpc) is 3.27. The normalized spacial score (nSPS) is 16.4. The summed E-state index contributed by atoms with van der Waals surface area (Å²) in [5.74, 6) is 0.134. The molecule has 2 aliphatic rings. The third kappa shape index (κ3) is 4.33. The van der Waals surface area contributed by atoms with Crippen LogP contribution in [-0.2, 0) is 20.8 Å². The number of nitrogens with zero attached hydrogens (tertiary/aromatic N) is 2. The van der Waals surface area contributed by atoms with E-state index >= 15 is 0 Å². The molecule has 140 valence electrons. The third-order valence-electron chi connectivity index (χ3n) is 4.57. The van der Waals surface area contributed by atoms with Gasteiger partial charge in [0.2, 0.25) is 17.7 Å². The second-order valence-corrected chi connectivity index (χ2v) is 7.67. The Morgan fingerprint density at radius 3 is 2.48 bits per heavy atom. The lowest BCUT2D eigenvalue weighted by atomic mass is 10.2. The summed E-state index contributed by atoms with van der Waals surface area (Å²) in [6.45, 7) is 0.696. The Morgan fingerprint density at radius 1 is 1.15 bits per heavy atom. The molecular weight excluding hydrogens is 364 g/mol. The number of anilines is 3. The fourth-order valence-electron chi connectivity index (χ4n) is 2.95. The molecule has 0 unspecified atom stereocenters. The molecule has 0 radical (unpaired) electrons. The predicted molar refractivity (Wildman–Crippen MR) is 104 cm³/mol. The van der Waals surface area contributed by atoms with Gasteiger partial charge in [-0.3, -0.25) is 19.3 Å². The number of hydrogen-bond acceptors (Lipinski definition) is 5. The summed E-state index contributed by atoms with van der Waals surface area (Å²) in [4.78, 5) is 41.8. The zero-order valence-corrected chi connectivity index (χ0v) is 15.6. The van der Waals surface area contributed by atoms with Gasteiger partial charge in [0.15, 0.2) is 5.13 Å². The number of thiazole rings is 1. The Labute approximate surface area is 160 Å². The maximum atomic E-state index is 12.2. The zero-order chi connectivity index (χ0) is 18.8. The SMILES string of the molecule is O=C(Cc1csc(N2CCCC2=O)n1)Nc1ccc(NC(=O)C2CC2)cc1. The summed E-state index contributed by atoms with van der Waals surface area (Å²) in [5, 5.41) is 8.17. The van der Waals surface area contributed by atoms with E-state index in [1.165, 1.54) is 11.3 Å². The van der Waals surface area contributed by atoms with E-state index in [9.17, 15) is 14.4 Å². The largest absolute Gasteiger partial charge is 0.326 e. The van der Waals surface area contributed by atoms with Crippen LogP contribution in [0.5, 0.6) is 0 Å². The maximum Gasteiger partial charge on any atom is 0.230 e. The number of aromatic nitrogens is 1. The summed E-state index contributed by atoms with van der Waals surface area (Å²) < 4.78 is 0. The van der Waals surface area contributed by atoms with Crippen molar-refractivity contribution in [1.82, 2.24) is 4.98 Å². The van der Waals surface area contributed by atoms with Crippen LogP contribution in [0.1, 0.15) is 31.4 Å². The Bertz CT molecular complexity index is 873. The molecule has 7 nitrogen and oxygen atoms in total. The first-order valence-electron chi connectivity index (χ1n) is 9.04. The van der Waals surface area contributed by atoms with E-state index in [1.54, 1.807) is 29.2 Å². The number of amides is 3. The second-order valence-electron chi connectivity index (χ2n) is 6.84. The van der Waals surface area contributed by atoms with Crippen LogP contribution >= 0.6 is 11.3 Å². The van der Waals surface area contributed by atoms with E-state index in [1.807, 2.05) is 5.38 Å². The fourth-order valence-corrected chi connectivity index (χ4v) is 3.82. The summed E-state index contributed by atoms with van der Waals surface area (Å²) in [6, 6.07) is 7.07. The fraction of sp³-hybridized carbons (Fsp3) is 0.368. The molecule has 27 heavy (non-hydrogen) atoms. The van der Waals surface area contributed by atoms with Crippen LogP contribution in [0.3, 0.4) is 0 Å².